The number of nitrogens with zero attached hydrogens (tertiary/aromatic N) is 2. The first-order valence-electron chi connectivity index (χ1n) is 21.3. The standard InChI is InChI=1S/C45H73N3O7/c1-28(2)37-32(49)23-44(33(50)27-48(26-30-14-15-30)35(51)25-46-10)22-21-43(9)29(3)16-20-45(47-11)41(6,7)34(55-36(52)24-40(4,5)39(53)54)17-19-42(45,8)18-12-13-31(43)38(37)44/h28-31,33-34,46,50H,11-27H2,1-10H3,(H,53,54). The number of Topliss-reactive ketones (excluding diaryl/α,β-unsaturated/α-hetero) is 1. The molecule has 0 aliphatic heterocycles. The van der Waals surface area contributed by atoms with Gasteiger partial charge in [-0.2, -0.15) is 0 Å². The largest absolute Gasteiger partial charge is 0.481 e. The predicted molar refractivity (Wildman–Crippen MR) is 216 cm³/mol. The second-order valence-electron chi connectivity index (χ2n) is 20.6. The molecule has 0 aromatic rings. The fourth-order valence-electron chi connectivity index (χ4n) is 12.1. The van der Waals surface area contributed by atoms with Crippen molar-refractivity contribution in [2.75, 3.05) is 26.7 Å². The Labute approximate surface area is 331 Å². The van der Waals surface area contributed by atoms with Gasteiger partial charge in [-0.05, 0) is 132 Å². The van der Waals surface area contributed by atoms with Gasteiger partial charge in [0.2, 0.25) is 5.91 Å². The molecule has 55 heavy (non-hydrogen) atoms. The Morgan fingerprint density at radius 1 is 1.02 bits per heavy atom. The summed E-state index contributed by atoms with van der Waals surface area (Å²) in [7, 11) is 1.78. The first kappa shape index (κ1) is 43.5. The third-order valence-electron chi connectivity index (χ3n) is 16.1. The van der Waals surface area contributed by atoms with Crippen molar-refractivity contribution in [3.8, 4) is 0 Å². The maximum Gasteiger partial charge on any atom is 0.309 e. The van der Waals surface area contributed by atoms with Crippen LogP contribution in [0.3, 0.4) is 0 Å². The number of hydrogen-bond donors (Lipinski definition) is 3. The fraction of sp³-hybridized carbons (Fsp3) is 0.844. The molecule has 4 fully saturated rings. The Kier molecular flexibility index (Phi) is 12.4. The van der Waals surface area contributed by atoms with Crippen molar-refractivity contribution in [3.63, 3.8) is 0 Å². The number of aliphatic hydroxyl groups excluding tert-OH is 1. The number of ketones is 1. The Morgan fingerprint density at radius 3 is 2.27 bits per heavy atom. The van der Waals surface area contributed by atoms with E-state index in [0.717, 1.165) is 63.4 Å². The van der Waals surface area contributed by atoms with Crippen LogP contribution in [0.15, 0.2) is 16.1 Å². The van der Waals surface area contributed by atoms with E-state index in [9.17, 15) is 29.4 Å². The average molecular weight is 768 g/mol. The van der Waals surface area contributed by atoms with Gasteiger partial charge in [0.1, 0.15) is 6.10 Å². The van der Waals surface area contributed by atoms with Crippen LogP contribution in [-0.2, 0) is 23.9 Å². The number of aliphatic carboxylic acids is 1. The number of fused-ring (bicyclic) bond motifs is 4. The van der Waals surface area contributed by atoms with Gasteiger partial charge in [-0.25, -0.2) is 0 Å². The van der Waals surface area contributed by atoms with Crippen molar-refractivity contribution in [1.82, 2.24) is 10.2 Å². The Morgan fingerprint density at radius 2 is 1.69 bits per heavy atom. The molecule has 10 nitrogen and oxygen atoms in total. The van der Waals surface area contributed by atoms with Gasteiger partial charge in [0.15, 0.2) is 5.78 Å². The molecule has 0 radical (unpaired) electrons. The molecule has 0 heterocycles. The van der Waals surface area contributed by atoms with Crippen molar-refractivity contribution < 1.29 is 34.1 Å². The fourth-order valence-corrected chi connectivity index (χ4v) is 12.1. The van der Waals surface area contributed by atoms with Crippen LogP contribution in [0.5, 0.6) is 0 Å². The van der Waals surface area contributed by atoms with Gasteiger partial charge in [0.25, 0.3) is 0 Å². The van der Waals surface area contributed by atoms with E-state index in [0.29, 0.717) is 31.7 Å². The van der Waals surface area contributed by atoms with E-state index in [4.69, 9.17) is 9.73 Å². The summed E-state index contributed by atoms with van der Waals surface area (Å²) in [4.78, 5) is 59.6. The molecule has 8 atom stereocenters. The number of carbonyl (C=O) groups excluding carboxylic acids is 3. The Balaban J connectivity index is 1.48. The first-order valence-corrected chi connectivity index (χ1v) is 21.3. The van der Waals surface area contributed by atoms with Crippen molar-refractivity contribution in [3.05, 3.63) is 11.1 Å². The summed E-state index contributed by atoms with van der Waals surface area (Å²) in [6.07, 6.45) is 8.47. The predicted octanol–water partition coefficient (Wildman–Crippen LogP) is 7.41. The number of carbonyl (C=O) groups is 4. The highest BCUT2D eigenvalue weighted by Gasteiger charge is 2.65. The van der Waals surface area contributed by atoms with Gasteiger partial charge in [-0.15, -0.1) is 0 Å². The number of likely N-dealkylation sites (N-methyl/N-ethyl adjacent to an activating group) is 1. The molecule has 0 saturated heterocycles. The van der Waals surface area contributed by atoms with Crippen LogP contribution in [0.1, 0.15) is 146 Å². The summed E-state index contributed by atoms with van der Waals surface area (Å²) in [6.45, 7) is 24.2. The summed E-state index contributed by atoms with van der Waals surface area (Å²) in [5.41, 5.74) is -1.32. The van der Waals surface area contributed by atoms with Crippen LogP contribution >= 0.6 is 0 Å². The number of aliphatic imine (C=N–C) groups is 1. The van der Waals surface area contributed by atoms with E-state index in [1.807, 2.05) is 4.90 Å². The number of amides is 1. The number of ether oxygens (including phenoxy) is 1. The van der Waals surface area contributed by atoms with E-state index in [1.165, 1.54) is 5.57 Å². The van der Waals surface area contributed by atoms with Crippen LogP contribution in [-0.4, -0.2) is 89.9 Å². The maximum absolute atomic E-state index is 14.2. The van der Waals surface area contributed by atoms with Crippen molar-refractivity contribution in [2.45, 2.75) is 164 Å². The molecule has 1 amide bonds. The number of carboxylic acids is 1. The van der Waals surface area contributed by atoms with E-state index in [-0.39, 0.29) is 59.8 Å². The lowest BCUT2D eigenvalue weighted by atomic mass is 9.45. The number of hydrogen-bond acceptors (Lipinski definition) is 8. The highest BCUT2D eigenvalue weighted by Crippen LogP contribution is 2.67. The molecule has 10 heteroatoms. The molecular formula is C45H73N3O7. The number of carboxylic acid groups (broad SMARTS) is 1. The van der Waals surface area contributed by atoms with Gasteiger partial charge in [0.05, 0.1) is 30.0 Å². The van der Waals surface area contributed by atoms with Crippen molar-refractivity contribution >= 4 is 30.3 Å². The molecule has 310 valence electrons. The van der Waals surface area contributed by atoms with Crippen LogP contribution < -0.4 is 5.32 Å². The monoisotopic (exact) mass is 768 g/mol. The third-order valence-corrected chi connectivity index (χ3v) is 16.1. The molecule has 5 aliphatic rings. The molecule has 0 aromatic carbocycles. The van der Waals surface area contributed by atoms with Crippen molar-refractivity contribution in [1.29, 1.82) is 0 Å². The summed E-state index contributed by atoms with van der Waals surface area (Å²) < 4.78 is 6.20. The minimum atomic E-state index is -1.22. The molecule has 0 spiro atoms. The number of rotatable bonds is 13. The Hall–Kier alpha value is -2.59. The smallest absolute Gasteiger partial charge is 0.309 e. The summed E-state index contributed by atoms with van der Waals surface area (Å²) >= 11 is 0. The van der Waals surface area contributed by atoms with Gasteiger partial charge < -0.3 is 25.2 Å². The second-order valence-corrected chi connectivity index (χ2v) is 20.6. The molecule has 8 unspecified atom stereocenters. The SMILES string of the molecule is C=NC12CCC(C)C3(C)CCC4(C(O)CN(CC5CC5)C(=O)CNC)CC(=O)C(C(C)C)=C4C3CCCC1(C)CCC(OC(=O)CC(C)(C)C(=O)O)C2(C)C. The third kappa shape index (κ3) is 7.61. The van der Waals surface area contributed by atoms with Crippen molar-refractivity contribution in [2.24, 2.45) is 55.7 Å². The lowest BCUT2D eigenvalue weighted by Crippen LogP contribution is -2.64. The topological polar surface area (TPSA) is 146 Å². The lowest BCUT2D eigenvalue weighted by molar-refractivity contribution is -0.180. The molecule has 3 N–H and O–H groups in total. The maximum atomic E-state index is 14.2. The summed E-state index contributed by atoms with van der Waals surface area (Å²) in [6, 6.07) is 0. The molecule has 5 aliphatic carbocycles. The van der Waals surface area contributed by atoms with Crippen LogP contribution in [0.25, 0.3) is 0 Å². The summed E-state index contributed by atoms with van der Waals surface area (Å²) in [5.74, 6) is -0.461. The Bertz CT molecular complexity index is 1550. The number of esters is 1. The molecule has 5 rings (SSSR count). The first-order chi connectivity index (χ1) is 25.6. The molecular weight excluding hydrogens is 695 g/mol. The molecule has 4 saturated carbocycles. The van der Waals surface area contributed by atoms with E-state index in [1.54, 1.807) is 20.9 Å². The molecule has 0 aromatic heterocycles. The zero-order chi connectivity index (χ0) is 40.9. The average Bonchev–Trinajstić information content (AvgIpc) is 3.86. The normalized spacial score (nSPS) is 35.6. The zero-order valence-corrected chi connectivity index (χ0v) is 35.8. The quantitative estimate of drug-likeness (QED) is 0.130. The van der Waals surface area contributed by atoms with Crippen LogP contribution in [0, 0.1) is 50.7 Å². The van der Waals surface area contributed by atoms with Gasteiger partial charge in [0, 0.05) is 30.3 Å². The highest BCUT2D eigenvalue weighted by atomic mass is 16.5. The number of nitrogens with one attached hydrogen (secondary N) is 1. The van der Waals surface area contributed by atoms with Crippen LogP contribution in [0.4, 0.5) is 0 Å². The summed E-state index contributed by atoms with van der Waals surface area (Å²) in [5, 5.41) is 25.1. The minimum absolute atomic E-state index is 0.000754. The second kappa shape index (κ2) is 15.6. The number of aliphatic hydroxyl groups is 1. The van der Waals surface area contributed by atoms with Gasteiger partial charge >= 0.3 is 11.9 Å². The van der Waals surface area contributed by atoms with Crippen LogP contribution in [0.2, 0.25) is 0 Å². The van der Waals surface area contributed by atoms with E-state index >= 15 is 0 Å². The minimum Gasteiger partial charge on any atom is -0.481 e. The lowest BCUT2D eigenvalue weighted by Gasteiger charge is -2.62. The van der Waals surface area contributed by atoms with E-state index < -0.39 is 45.9 Å². The molecule has 0 bridgehead atoms. The van der Waals surface area contributed by atoms with Gasteiger partial charge in [-0.1, -0.05) is 60.5 Å². The van der Waals surface area contributed by atoms with Gasteiger partial charge in [-0.3, -0.25) is 24.2 Å². The highest BCUT2D eigenvalue weighted by molar-refractivity contribution is 6.00. The number of allylic oxidation sites excluding steroid dienone is 1. The van der Waals surface area contributed by atoms with E-state index in [2.05, 4.69) is 60.5 Å². The zero-order valence-electron chi connectivity index (χ0n) is 35.8.